The molecule has 0 unspecified atom stereocenters. The van der Waals surface area contributed by atoms with E-state index in [0.29, 0.717) is 0 Å². The molecule has 1 saturated heterocycles. The van der Waals surface area contributed by atoms with Gasteiger partial charge in [-0.15, -0.1) is 11.3 Å². The molecule has 0 aromatic carbocycles. The highest BCUT2D eigenvalue weighted by atomic mass is 32.1. The average Bonchev–Trinajstić information content (AvgIpc) is 3.29. The fourth-order valence-electron chi connectivity index (χ4n) is 2.94. The van der Waals surface area contributed by atoms with Crippen molar-refractivity contribution in [2.24, 2.45) is 0 Å². The molecule has 7 nitrogen and oxygen atoms in total. The minimum absolute atomic E-state index is 0.731. The molecular formula is C15H18N6OS. The minimum atomic E-state index is 0.731. The van der Waals surface area contributed by atoms with Gasteiger partial charge in [0.2, 0.25) is 5.95 Å². The molecule has 0 radical (unpaired) electrons. The molecule has 0 bridgehead atoms. The van der Waals surface area contributed by atoms with Gasteiger partial charge in [0.25, 0.3) is 0 Å². The quantitative estimate of drug-likeness (QED) is 0.797. The molecule has 1 aliphatic rings. The number of morpholine rings is 1. The summed E-state index contributed by atoms with van der Waals surface area (Å²) in [7, 11) is 0. The molecule has 1 fully saturated rings. The van der Waals surface area contributed by atoms with Crippen molar-refractivity contribution in [1.82, 2.24) is 24.7 Å². The van der Waals surface area contributed by atoms with Crippen LogP contribution in [0.25, 0.3) is 17.2 Å². The lowest BCUT2D eigenvalue weighted by Crippen LogP contribution is -2.36. The maximum absolute atomic E-state index is 5.41. The van der Waals surface area contributed by atoms with E-state index in [4.69, 9.17) is 9.72 Å². The van der Waals surface area contributed by atoms with Gasteiger partial charge in [0, 0.05) is 35.4 Å². The van der Waals surface area contributed by atoms with Gasteiger partial charge in [-0.3, -0.25) is 4.57 Å². The molecule has 1 N–H and O–H groups in total. The van der Waals surface area contributed by atoms with E-state index in [9.17, 15) is 0 Å². The molecule has 4 rings (SSSR count). The summed E-state index contributed by atoms with van der Waals surface area (Å²) in [5.41, 5.74) is 4.36. The fraction of sp³-hybridized carbons (Fsp3) is 0.400. The molecule has 23 heavy (non-hydrogen) atoms. The van der Waals surface area contributed by atoms with Crippen molar-refractivity contribution < 1.29 is 4.74 Å². The second-order valence-electron chi connectivity index (χ2n) is 5.54. The molecule has 120 valence electrons. The van der Waals surface area contributed by atoms with E-state index in [1.165, 1.54) is 6.33 Å². The van der Waals surface area contributed by atoms with Gasteiger partial charge >= 0.3 is 0 Å². The molecular weight excluding hydrogens is 312 g/mol. The van der Waals surface area contributed by atoms with Gasteiger partial charge < -0.3 is 9.64 Å². The van der Waals surface area contributed by atoms with Crippen LogP contribution >= 0.6 is 11.3 Å². The molecule has 0 aliphatic carbocycles. The number of rotatable bonds is 3. The van der Waals surface area contributed by atoms with Crippen molar-refractivity contribution in [3.8, 4) is 17.2 Å². The average molecular weight is 330 g/mol. The zero-order valence-corrected chi connectivity index (χ0v) is 13.9. The van der Waals surface area contributed by atoms with Crippen molar-refractivity contribution in [1.29, 1.82) is 0 Å². The van der Waals surface area contributed by atoms with Crippen LogP contribution in [0.15, 0.2) is 17.8 Å². The Bertz CT molecular complexity index is 800. The topological polar surface area (TPSA) is 71.9 Å². The summed E-state index contributed by atoms with van der Waals surface area (Å²) in [4.78, 5) is 11.4. The van der Waals surface area contributed by atoms with Crippen LogP contribution < -0.4 is 4.90 Å². The zero-order valence-electron chi connectivity index (χ0n) is 13.1. The van der Waals surface area contributed by atoms with Crippen LogP contribution in [0, 0.1) is 13.8 Å². The summed E-state index contributed by atoms with van der Waals surface area (Å²) in [5.74, 6) is 0.731. The van der Waals surface area contributed by atoms with Crippen LogP contribution in [0.3, 0.4) is 0 Å². The lowest BCUT2D eigenvalue weighted by molar-refractivity contribution is 0.122. The summed E-state index contributed by atoms with van der Waals surface area (Å²) in [6.07, 6.45) is 1.52. The first kappa shape index (κ1) is 14.4. The van der Waals surface area contributed by atoms with Gasteiger partial charge in [-0.05, 0) is 19.9 Å². The van der Waals surface area contributed by atoms with Crippen LogP contribution in [0.1, 0.15) is 11.4 Å². The highest BCUT2D eigenvalue weighted by Gasteiger charge is 2.19. The predicted octanol–water partition coefficient (Wildman–Crippen LogP) is 2.17. The van der Waals surface area contributed by atoms with Crippen molar-refractivity contribution in [3.05, 3.63) is 29.2 Å². The van der Waals surface area contributed by atoms with Crippen LogP contribution in [-0.4, -0.2) is 51.0 Å². The minimum Gasteiger partial charge on any atom is -0.378 e. The standard InChI is InChI=1S/C15H18N6OS/c1-10-7-12(11(2)21(10)14-16-9-17-19-14)13-8-23-15(18-13)20-3-5-22-6-4-20/h7-9H,3-6H2,1-2H3,(H,16,17,19). The molecule has 0 atom stereocenters. The third-order valence-corrected chi connectivity index (χ3v) is 5.00. The van der Waals surface area contributed by atoms with Gasteiger partial charge in [0.1, 0.15) is 6.33 Å². The highest BCUT2D eigenvalue weighted by Crippen LogP contribution is 2.32. The SMILES string of the molecule is Cc1cc(-c2csc(N3CCOCC3)n2)c(C)n1-c1ncn[nH]1. The van der Waals surface area contributed by atoms with Crippen molar-refractivity contribution in [2.75, 3.05) is 31.2 Å². The number of H-pyrrole nitrogens is 1. The lowest BCUT2D eigenvalue weighted by atomic mass is 10.2. The molecule has 0 spiro atoms. The Morgan fingerprint density at radius 1 is 1.26 bits per heavy atom. The Balaban J connectivity index is 1.69. The molecule has 3 aromatic rings. The number of hydrogen-bond donors (Lipinski definition) is 1. The van der Waals surface area contributed by atoms with E-state index in [0.717, 1.165) is 60.0 Å². The number of aryl methyl sites for hydroxylation is 1. The fourth-order valence-corrected chi connectivity index (χ4v) is 3.82. The number of anilines is 1. The maximum Gasteiger partial charge on any atom is 0.229 e. The maximum atomic E-state index is 5.41. The van der Waals surface area contributed by atoms with E-state index >= 15 is 0 Å². The van der Waals surface area contributed by atoms with Crippen molar-refractivity contribution >= 4 is 16.5 Å². The van der Waals surface area contributed by atoms with E-state index in [1.807, 2.05) is 0 Å². The highest BCUT2D eigenvalue weighted by molar-refractivity contribution is 7.14. The van der Waals surface area contributed by atoms with E-state index < -0.39 is 0 Å². The van der Waals surface area contributed by atoms with Crippen LogP contribution in [0.2, 0.25) is 0 Å². The van der Waals surface area contributed by atoms with Crippen LogP contribution in [-0.2, 0) is 4.74 Å². The lowest BCUT2D eigenvalue weighted by Gasteiger charge is -2.26. The van der Waals surface area contributed by atoms with E-state index in [2.05, 4.69) is 49.9 Å². The second kappa shape index (κ2) is 5.78. The van der Waals surface area contributed by atoms with Gasteiger partial charge in [0.15, 0.2) is 5.13 Å². The molecule has 0 saturated carbocycles. The smallest absolute Gasteiger partial charge is 0.229 e. The largest absolute Gasteiger partial charge is 0.378 e. The van der Waals surface area contributed by atoms with E-state index in [1.54, 1.807) is 11.3 Å². The van der Waals surface area contributed by atoms with Gasteiger partial charge in [-0.2, -0.15) is 10.1 Å². The Labute approximate surface area is 137 Å². The predicted molar refractivity (Wildman–Crippen MR) is 89.3 cm³/mol. The number of aromatic nitrogens is 5. The number of hydrogen-bond acceptors (Lipinski definition) is 6. The number of nitrogens with one attached hydrogen (secondary N) is 1. The monoisotopic (exact) mass is 330 g/mol. The Kier molecular flexibility index (Phi) is 3.62. The number of nitrogens with zero attached hydrogens (tertiary/aromatic N) is 5. The Hall–Kier alpha value is -2.19. The van der Waals surface area contributed by atoms with Crippen molar-refractivity contribution in [2.45, 2.75) is 13.8 Å². The summed E-state index contributed by atoms with van der Waals surface area (Å²) < 4.78 is 7.47. The summed E-state index contributed by atoms with van der Waals surface area (Å²) in [6.45, 7) is 7.50. The first-order chi connectivity index (χ1) is 11.2. The summed E-state index contributed by atoms with van der Waals surface area (Å²) in [6, 6.07) is 2.15. The summed E-state index contributed by atoms with van der Waals surface area (Å²) in [5, 5.41) is 10.0. The molecule has 1 aliphatic heterocycles. The third-order valence-electron chi connectivity index (χ3n) is 4.09. The van der Waals surface area contributed by atoms with Gasteiger partial charge in [0.05, 0.1) is 18.9 Å². The molecule has 3 aromatic heterocycles. The normalized spacial score (nSPS) is 15.3. The number of ether oxygens (including phenoxy) is 1. The second-order valence-corrected chi connectivity index (χ2v) is 6.38. The van der Waals surface area contributed by atoms with Crippen LogP contribution in [0.5, 0.6) is 0 Å². The molecule has 4 heterocycles. The first-order valence-electron chi connectivity index (χ1n) is 7.57. The molecule has 0 amide bonds. The molecule has 8 heteroatoms. The Morgan fingerprint density at radius 2 is 2.09 bits per heavy atom. The Morgan fingerprint density at radius 3 is 2.83 bits per heavy atom. The number of aromatic amines is 1. The van der Waals surface area contributed by atoms with Crippen LogP contribution in [0.4, 0.5) is 5.13 Å². The van der Waals surface area contributed by atoms with Gasteiger partial charge in [-0.25, -0.2) is 10.1 Å². The third kappa shape index (κ3) is 2.53. The van der Waals surface area contributed by atoms with Gasteiger partial charge in [-0.1, -0.05) is 0 Å². The number of thiazole rings is 1. The first-order valence-corrected chi connectivity index (χ1v) is 8.45. The van der Waals surface area contributed by atoms with E-state index in [-0.39, 0.29) is 0 Å². The van der Waals surface area contributed by atoms with Crippen molar-refractivity contribution in [3.63, 3.8) is 0 Å². The zero-order chi connectivity index (χ0) is 15.8. The summed E-state index contributed by atoms with van der Waals surface area (Å²) >= 11 is 1.69.